The molecule has 0 saturated heterocycles. The number of rotatable bonds is 12. The highest BCUT2D eigenvalue weighted by Gasteiger charge is 2.30. The number of hydrogen-bond acceptors (Lipinski definition) is 8. The minimum Gasteiger partial charge on any atom is -0.495 e. The number of anilines is 2. The number of sulfonamides is 1. The summed E-state index contributed by atoms with van der Waals surface area (Å²) in [6.45, 7) is 3.98. The van der Waals surface area contributed by atoms with E-state index in [4.69, 9.17) is 14.2 Å². The zero-order valence-corrected chi connectivity index (χ0v) is 20.7. The molecule has 0 bridgehead atoms. The molecule has 0 spiro atoms. The molecule has 35 heavy (non-hydrogen) atoms. The second-order valence-corrected chi connectivity index (χ2v) is 9.31. The number of pyridine rings is 1. The normalized spacial score (nSPS) is 10.9. The van der Waals surface area contributed by atoms with Crippen LogP contribution in [0.5, 0.6) is 11.5 Å². The molecule has 0 atom stereocenters. The number of methoxy groups -OCH3 is 1. The van der Waals surface area contributed by atoms with Gasteiger partial charge in [-0.15, -0.1) is 0 Å². The number of benzene rings is 2. The topological polar surface area (TPSA) is 107 Å². The maximum atomic E-state index is 13.7. The average Bonchev–Trinajstić information content (AvgIpc) is 2.85. The summed E-state index contributed by atoms with van der Waals surface area (Å²) in [7, 11) is -2.78. The average molecular weight is 500 g/mol. The molecule has 186 valence electrons. The summed E-state index contributed by atoms with van der Waals surface area (Å²) in [4.78, 5) is 16.3. The summed E-state index contributed by atoms with van der Waals surface area (Å²) in [6, 6.07) is 15.0. The number of aryl methyl sites for hydroxylation is 1. The Morgan fingerprint density at radius 3 is 2.54 bits per heavy atom. The highest BCUT2D eigenvalue weighted by atomic mass is 32.2. The van der Waals surface area contributed by atoms with Gasteiger partial charge in [-0.25, -0.2) is 8.42 Å². The maximum absolute atomic E-state index is 13.7. The van der Waals surface area contributed by atoms with E-state index in [1.807, 2.05) is 19.1 Å². The van der Waals surface area contributed by atoms with Crippen LogP contribution in [0, 0.1) is 6.92 Å². The molecule has 3 aromatic rings. The first-order valence-electron chi connectivity index (χ1n) is 11.0. The molecule has 0 aliphatic carbocycles. The highest BCUT2D eigenvalue weighted by Crippen LogP contribution is 2.32. The highest BCUT2D eigenvalue weighted by molar-refractivity contribution is 7.93. The lowest BCUT2D eigenvalue weighted by Crippen LogP contribution is -2.37. The van der Waals surface area contributed by atoms with Gasteiger partial charge in [0.25, 0.3) is 10.0 Å². The summed E-state index contributed by atoms with van der Waals surface area (Å²) in [6.07, 6.45) is 3.38. The van der Waals surface area contributed by atoms with Gasteiger partial charge in [-0.05, 0) is 55.8 Å². The van der Waals surface area contributed by atoms with Gasteiger partial charge in [-0.1, -0.05) is 12.1 Å². The lowest BCUT2D eigenvalue weighted by Gasteiger charge is -2.25. The molecule has 0 unspecified atom stereocenters. The molecule has 1 N–H and O–H groups in total. The van der Waals surface area contributed by atoms with E-state index in [1.54, 1.807) is 55.7 Å². The molecule has 0 fully saturated rings. The van der Waals surface area contributed by atoms with E-state index < -0.39 is 22.5 Å². The molecule has 9 nitrogen and oxygen atoms in total. The van der Waals surface area contributed by atoms with Crippen LogP contribution in [0.25, 0.3) is 0 Å². The van der Waals surface area contributed by atoms with Crippen LogP contribution in [0.1, 0.15) is 12.5 Å². The van der Waals surface area contributed by atoms with Crippen LogP contribution >= 0.6 is 0 Å². The Labute approximate surface area is 205 Å². The summed E-state index contributed by atoms with van der Waals surface area (Å²) >= 11 is 0. The number of nitrogens with zero attached hydrogens (tertiary/aromatic N) is 2. The van der Waals surface area contributed by atoms with Crippen molar-refractivity contribution in [1.29, 1.82) is 0 Å². The molecular weight excluding hydrogens is 470 g/mol. The minimum absolute atomic E-state index is 0.0580. The molecule has 0 aliphatic heterocycles. The zero-order valence-electron chi connectivity index (χ0n) is 19.9. The van der Waals surface area contributed by atoms with E-state index >= 15 is 0 Å². The van der Waals surface area contributed by atoms with Gasteiger partial charge in [0.1, 0.15) is 29.5 Å². The second-order valence-electron chi connectivity index (χ2n) is 7.48. The van der Waals surface area contributed by atoms with Crippen LogP contribution in [0.15, 0.2) is 71.9 Å². The zero-order chi connectivity index (χ0) is 25.3. The predicted molar refractivity (Wildman–Crippen MR) is 134 cm³/mol. The van der Waals surface area contributed by atoms with Gasteiger partial charge in [0, 0.05) is 30.7 Å². The quantitative estimate of drug-likeness (QED) is 0.297. The van der Waals surface area contributed by atoms with Gasteiger partial charge < -0.3 is 19.5 Å². The molecule has 1 aromatic heterocycles. The molecule has 3 rings (SSSR count). The van der Waals surface area contributed by atoms with Gasteiger partial charge in [0.15, 0.2) is 0 Å². The number of esters is 1. The van der Waals surface area contributed by atoms with E-state index in [0.29, 0.717) is 18.9 Å². The molecule has 2 aromatic carbocycles. The van der Waals surface area contributed by atoms with Crippen LogP contribution in [0.4, 0.5) is 11.4 Å². The molecular formula is C25H29N3O6S. The van der Waals surface area contributed by atoms with Crippen molar-refractivity contribution in [3.8, 4) is 11.5 Å². The summed E-state index contributed by atoms with van der Waals surface area (Å²) in [5.74, 6) is -0.0233. The third kappa shape index (κ3) is 6.86. The largest absolute Gasteiger partial charge is 0.495 e. The van der Waals surface area contributed by atoms with Crippen molar-refractivity contribution in [2.24, 2.45) is 0 Å². The molecule has 0 amide bonds. The third-order valence-electron chi connectivity index (χ3n) is 4.92. The lowest BCUT2D eigenvalue weighted by molar-refractivity contribution is -0.141. The number of carbonyl (C=O) groups excluding carboxylic acids is 1. The summed E-state index contributed by atoms with van der Waals surface area (Å²) in [5, 5.41) is 3.22. The van der Waals surface area contributed by atoms with Gasteiger partial charge in [-0.2, -0.15) is 0 Å². The Morgan fingerprint density at radius 1 is 1.09 bits per heavy atom. The number of hydrogen-bond donors (Lipinski definition) is 1. The predicted octanol–water partition coefficient (Wildman–Crippen LogP) is 3.65. The first-order chi connectivity index (χ1) is 16.8. The Kier molecular flexibility index (Phi) is 8.91. The van der Waals surface area contributed by atoms with Crippen LogP contribution in [-0.4, -0.2) is 52.8 Å². The van der Waals surface area contributed by atoms with Gasteiger partial charge in [0.05, 0.1) is 19.4 Å². The Hall–Kier alpha value is -3.79. The Morgan fingerprint density at radius 2 is 1.83 bits per heavy atom. The van der Waals surface area contributed by atoms with E-state index in [0.717, 1.165) is 15.6 Å². The van der Waals surface area contributed by atoms with Crippen molar-refractivity contribution in [3.05, 3.63) is 72.6 Å². The molecule has 0 aliphatic rings. The number of para-hydroxylation sites is 1. The summed E-state index contributed by atoms with van der Waals surface area (Å²) in [5.41, 5.74) is 1.96. The fourth-order valence-corrected chi connectivity index (χ4v) is 4.93. The van der Waals surface area contributed by atoms with Crippen molar-refractivity contribution >= 4 is 27.4 Å². The van der Waals surface area contributed by atoms with Crippen molar-refractivity contribution in [1.82, 2.24) is 4.98 Å². The Bertz CT molecular complexity index is 1230. The SMILES string of the molecule is CCOC(=O)CN(c1cc(C)cc(OCCNc2ccncc2)c1)S(=O)(=O)c1ccccc1OC. The molecule has 1 heterocycles. The van der Waals surface area contributed by atoms with Crippen LogP contribution in [-0.2, 0) is 19.6 Å². The van der Waals surface area contributed by atoms with Gasteiger partial charge in [0.2, 0.25) is 0 Å². The van der Waals surface area contributed by atoms with Crippen LogP contribution < -0.4 is 19.1 Å². The second kappa shape index (κ2) is 12.1. The van der Waals surface area contributed by atoms with Crippen molar-refractivity contribution in [2.45, 2.75) is 18.7 Å². The van der Waals surface area contributed by atoms with E-state index in [2.05, 4.69) is 10.3 Å². The van der Waals surface area contributed by atoms with Crippen molar-refractivity contribution < 1.29 is 27.4 Å². The number of ether oxygens (including phenoxy) is 3. The summed E-state index contributed by atoms with van der Waals surface area (Å²) < 4.78 is 44.5. The van der Waals surface area contributed by atoms with E-state index in [9.17, 15) is 13.2 Å². The first-order valence-corrected chi connectivity index (χ1v) is 12.5. The van der Waals surface area contributed by atoms with Gasteiger partial charge in [-0.3, -0.25) is 14.1 Å². The van der Waals surface area contributed by atoms with E-state index in [-0.39, 0.29) is 22.9 Å². The maximum Gasteiger partial charge on any atom is 0.326 e. The van der Waals surface area contributed by atoms with Gasteiger partial charge >= 0.3 is 5.97 Å². The fraction of sp³-hybridized carbons (Fsp3) is 0.280. The fourth-order valence-electron chi connectivity index (χ4n) is 3.38. The smallest absolute Gasteiger partial charge is 0.326 e. The van der Waals surface area contributed by atoms with Crippen LogP contribution in [0.3, 0.4) is 0 Å². The standard InChI is InChI=1S/C25H29N3O6S/c1-4-33-25(29)18-28(35(30,31)24-8-6-5-7-23(24)32-3)21-15-19(2)16-22(17-21)34-14-13-27-20-9-11-26-12-10-20/h5-12,15-17H,4,13-14,18H2,1-3H3,(H,26,27). The van der Waals surface area contributed by atoms with Crippen LogP contribution in [0.2, 0.25) is 0 Å². The number of carbonyl (C=O) groups is 1. The van der Waals surface area contributed by atoms with Crippen molar-refractivity contribution in [3.63, 3.8) is 0 Å². The first kappa shape index (κ1) is 25.8. The lowest BCUT2D eigenvalue weighted by atomic mass is 10.2. The number of aromatic nitrogens is 1. The van der Waals surface area contributed by atoms with E-state index in [1.165, 1.54) is 13.2 Å². The Balaban J connectivity index is 1.88. The van der Waals surface area contributed by atoms with Crippen molar-refractivity contribution in [2.75, 3.05) is 43.0 Å². The minimum atomic E-state index is -4.17. The molecule has 0 saturated carbocycles. The number of nitrogens with one attached hydrogen (secondary N) is 1. The molecule has 10 heteroatoms. The monoisotopic (exact) mass is 499 g/mol. The molecule has 0 radical (unpaired) electrons. The third-order valence-corrected chi connectivity index (χ3v) is 6.73.